The lowest BCUT2D eigenvalue weighted by Crippen LogP contribution is -2.46. The van der Waals surface area contributed by atoms with Gasteiger partial charge in [0.1, 0.15) is 18.0 Å². The van der Waals surface area contributed by atoms with E-state index in [0.717, 1.165) is 48.6 Å². The number of fused-ring (bicyclic) bond motifs is 3. The molecular formula is C25H26F2N6O. The molecule has 6 rings (SSSR count). The Balaban J connectivity index is 1.29. The van der Waals surface area contributed by atoms with Crippen LogP contribution in [0, 0.1) is 11.6 Å². The Labute approximate surface area is 195 Å². The van der Waals surface area contributed by atoms with Crippen LogP contribution in [0.5, 0.6) is 0 Å². The van der Waals surface area contributed by atoms with Crippen LogP contribution >= 0.6 is 0 Å². The molecule has 176 valence electrons. The van der Waals surface area contributed by atoms with Crippen molar-refractivity contribution in [3.63, 3.8) is 0 Å². The zero-order valence-electron chi connectivity index (χ0n) is 18.9. The summed E-state index contributed by atoms with van der Waals surface area (Å²) in [6.07, 6.45) is 10.0. The van der Waals surface area contributed by atoms with E-state index in [1.165, 1.54) is 12.4 Å². The molecule has 1 N–H and O–H groups in total. The molecule has 0 radical (unpaired) electrons. The van der Waals surface area contributed by atoms with Crippen molar-refractivity contribution in [2.75, 3.05) is 29.4 Å². The normalized spacial score (nSPS) is 18.8. The van der Waals surface area contributed by atoms with Crippen molar-refractivity contribution in [3.05, 3.63) is 75.2 Å². The van der Waals surface area contributed by atoms with E-state index in [9.17, 15) is 9.18 Å². The Kier molecular flexibility index (Phi) is 5.08. The molecule has 0 saturated carbocycles. The molecule has 0 atom stereocenters. The lowest BCUT2D eigenvalue weighted by atomic mass is 9.74. The predicted octanol–water partition coefficient (Wildman–Crippen LogP) is 3.28. The molecule has 1 fully saturated rings. The number of H-pyrrole nitrogens is 1. The third-order valence-corrected chi connectivity index (χ3v) is 7.59. The maximum Gasteiger partial charge on any atom is 0.255 e. The monoisotopic (exact) mass is 464 g/mol. The molecule has 2 aliphatic heterocycles. The van der Waals surface area contributed by atoms with Gasteiger partial charge in [0.05, 0.1) is 5.69 Å². The van der Waals surface area contributed by atoms with Crippen molar-refractivity contribution in [1.82, 2.24) is 19.9 Å². The average Bonchev–Trinajstić information content (AvgIpc) is 3.12. The number of anilines is 2. The zero-order valence-corrected chi connectivity index (χ0v) is 18.9. The summed E-state index contributed by atoms with van der Waals surface area (Å²) < 4.78 is 29.4. The lowest BCUT2D eigenvalue weighted by Gasteiger charge is -2.40. The van der Waals surface area contributed by atoms with Gasteiger partial charge in [-0.05, 0) is 44.6 Å². The maximum atomic E-state index is 15.2. The minimum atomic E-state index is -0.573. The van der Waals surface area contributed by atoms with Gasteiger partial charge in [0.2, 0.25) is 5.95 Å². The number of halogens is 2. The topological polar surface area (TPSA) is 78.0 Å². The van der Waals surface area contributed by atoms with Crippen LogP contribution < -0.4 is 15.4 Å². The summed E-state index contributed by atoms with van der Waals surface area (Å²) in [7, 11) is 0. The number of hydrogen-bond donors (Lipinski definition) is 1. The van der Waals surface area contributed by atoms with E-state index in [1.807, 2.05) is 4.90 Å². The Morgan fingerprint density at radius 3 is 2.62 bits per heavy atom. The molecule has 1 aromatic carbocycles. The third-order valence-electron chi connectivity index (χ3n) is 7.59. The summed E-state index contributed by atoms with van der Waals surface area (Å²) in [6, 6.07) is 2.43. The Morgan fingerprint density at radius 1 is 1.06 bits per heavy atom. The highest BCUT2D eigenvalue weighted by molar-refractivity contribution is 5.64. The van der Waals surface area contributed by atoms with E-state index in [2.05, 4.69) is 19.9 Å². The van der Waals surface area contributed by atoms with E-state index in [0.29, 0.717) is 56.2 Å². The number of aromatic nitrogens is 4. The molecule has 0 bridgehead atoms. The molecule has 34 heavy (non-hydrogen) atoms. The first kappa shape index (κ1) is 21.2. The molecule has 9 heteroatoms. The second-order valence-corrected chi connectivity index (χ2v) is 9.67. The summed E-state index contributed by atoms with van der Waals surface area (Å²) >= 11 is 0. The number of nitrogens with zero attached hydrogens (tertiary/aromatic N) is 5. The fraction of sp³-hybridized carbons (Fsp3) is 0.440. The van der Waals surface area contributed by atoms with E-state index in [-0.39, 0.29) is 5.56 Å². The SMILES string of the molecule is O=c1[nH]c(N2CCC3(CC2)CN(Cc2cncnc2)c2cc(F)cc(F)c23)nc2c1CCCC2. The Hall–Kier alpha value is -3.36. The van der Waals surface area contributed by atoms with Gasteiger partial charge in [-0.25, -0.2) is 23.7 Å². The van der Waals surface area contributed by atoms with Crippen molar-refractivity contribution in [2.24, 2.45) is 0 Å². The fourth-order valence-corrected chi connectivity index (χ4v) is 5.93. The van der Waals surface area contributed by atoms with Crippen LogP contribution in [-0.4, -0.2) is 39.6 Å². The third kappa shape index (κ3) is 3.54. The summed E-state index contributed by atoms with van der Waals surface area (Å²) in [5, 5.41) is 0. The van der Waals surface area contributed by atoms with Crippen LogP contribution in [0.4, 0.5) is 20.4 Å². The lowest BCUT2D eigenvalue weighted by molar-refractivity contribution is 0.337. The number of aryl methyl sites for hydroxylation is 1. The first-order valence-electron chi connectivity index (χ1n) is 11.9. The number of aromatic amines is 1. The Bertz CT molecular complexity index is 1290. The van der Waals surface area contributed by atoms with Gasteiger partial charge < -0.3 is 9.80 Å². The van der Waals surface area contributed by atoms with Gasteiger partial charge >= 0.3 is 0 Å². The van der Waals surface area contributed by atoms with Crippen molar-refractivity contribution < 1.29 is 8.78 Å². The molecule has 0 unspecified atom stereocenters. The van der Waals surface area contributed by atoms with Gasteiger partial charge in [0, 0.05) is 72.4 Å². The highest BCUT2D eigenvalue weighted by Gasteiger charge is 2.47. The molecular weight excluding hydrogens is 438 g/mol. The van der Waals surface area contributed by atoms with Gasteiger partial charge in [0.15, 0.2) is 0 Å². The van der Waals surface area contributed by atoms with Gasteiger partial charge in [-0.3, -0.25) is 9.78 Å². The van der Waals surface area contributed by atoms with Gasteiger partial charge in [-0.1, -0.05) is 0 Å². The second-order valence-electron chi connectivity index (χ2n) is 9.67. The van der Waals surface area contributed by atoms with Crippen LogP contribution in [0.3, 0.4) is 0 Å². The zero-order chi connectivity index (χ0) is 23.3. The molecule has 1 aliphatic carbocycles. The van der Waals surface area contributed by atoms with Gasteiger partial charge in [-0.2, -0.15) is 0 Å². The van der Waals surface area contributed by atoms with Crippen molar-refractivity contribution in [2.45, 2.75) is 50.5 Å². The maximum absolute atomic E-state index is 15.2. The second kappa shape index (κ2) is 8.14. The number of rotatable bonds is 3. The first-order valence-corrected chi connectivity index (χ1v) is 11.9. The highest BCUT2D eigenvalue weighted by atomic mass is 19.1. The average molecular weight is 465 g/mol. The molecule has 2 aromatic heterocycles. The predicted molar refractivity (Wildman–Crippen MR) is 124 cm³/mol. The largest absolute Gasteiger partial charge is 0.366 e. The fourth-order valence-electron chi connectivity index (χ4n) is 5.93. The van der Waals surface area contributed by atoms with Gasteiger partial charge in [-0.15, -0.1) is 0 Å². The molecule has 1 saturated heterocycles. The van der Waals surface area contributed by atoms with Crippen LogP contribution in [-0.2, 0) is 24.8 Å². The van der Waals surface area contributed by atoms with Crippen LogP contribution in [0.25, 0.3) is 0 Å². The standard InChI is InChI=1S/C25H26F2N6O/c26-17-9-19(27)22-21(10-17)33(13-16-11-28-15-29-12-16)14-25(22)5-7-32(8-6-25)24-30-20-4-2-1-3-18(20)23(34)31-24/h9-12,15H,1-8,13-14H2,(H,30,31,34). The van der Waals surface area contributed by atoms with Crippen LogP contribution in [0.15, 0.2) is 35.6 Å². The molecule has 3 aromatic rings. The smallest absolute Gasteiger partial charge is 0.255 e. The van der Waals surface area contributed by atoms with E-state index >= 15 is 4.39 Å². The van der Waals surface area contributed by atoms with E-state index in [4.69, 9.17) is 4.98 Å². The van der Waals surface area contributed by atoms with Crippen molar-refractivity contribution >= 4 is 11.6 Å². The molecule has 7 nitrogen and oxygen atoms in total. The number of benzene rings is 1. The number of nitrogens with one attached hydrogen (secondary N) is 1. The quantitative estimate of drug-likeness (QED) is 0.641. The molecule has 3 aliphatic rings. The summed E-state index contributed by atoms with van der Waals surface area (Å²) in [5.74, 6) is -0.456. The van der Waals surface area contributed by atoms with Crippen LogP contribution in [0.2, 0.25) is 0 Å². The minimum absolute atomic E-state index is 0.0380. The first-order chi connectivity index (χ1) is 16.5. The molecule has 4 heterocycles. The molecule has 0 amide bonds. The van der Waals surface area contributed by atoms with E-state index < -0.39 is 17.0 Å². The molecule has 1 spiro atoms. The summed E-state index contributed by atoms with van der Waals surface area (Å²) in [6.45, 7) is 2.36. The number of piperidine rings is 1. The van der Waals surface area contributed by atoms with Crippen molar-refractivity contribution in [3.8, 4) is 0 Å². The summed E-state index contributed by atoms with van der Waals surface area (Å²) in [5.41, 5.74) is 3.36. The Morgan fingerprint density at radius 2 is 1.82 bits per heavy atom. The highest BCUT2D eigenvalue weighted by Crippen LogP contribution is 2.49. The van der Waals surface area contributed by atoms with E-state index in [1.54, 1.807) is 12.4 Å². The van der Waals surface area contributed by atoms with Gasteiger partial charge in [0.25, 0.3) is 5.56 Å². The minimum Gasteiger partial charge on any atom is -0.366 e. The number of hydrogen-bond acceptors (Lipinski definition) is 6. The van der Waals surface area contributed by atoms with Crippen LogP contribution in [0.1, 0.15) is 48.1 Å². The summed E-state index contributed by atoms with van der Waals surface area (Å²) in [4.78, 5) is 32.6. The van der Waals surface area contributed by atoms with Crippen molar-refractivity contribution in [1.29, 1.82) is 0 Å².